The number of rotatable bonds is 8. The van der Waals surface area contributed by atoms with Crippen molar-refractivity contribution in [1.29, 1.82) is 0 Å². The van der Waals surface area contributed by atoms with Crippen LogP contribution in [0.25, 0.3) is 11.5 Å². The van der Waals surface area contributed by atoms with Gasteiger partial charge in [-0.2, -0.15) is 65.9 Å². The fraction of sp³-hybridized carbons (Fsp3) is 0.345. The Morgan fingerprint density at radius 2 is 0.795 bits per heavy atom. The van der Waals surface area contributed by atoms with Gasteiger partial charge in [0.2, 0.25) is 12.3 Å². The van der Waals surface area contributed by atoms with Gasteiger partial charge in [0.05, 0.1) is 73.0 Å². The van der Waals surface area contributed by atoms with Gasteiger partial charge in [0.1, 0.15) is 0 Å². The number of morpholine rings is 3. The molecule has 0 saturated carbocycles. The van der Waals surface area contributed by atoms with Crippen molar-refractivity contribution in [3.8, 4) is 11.5 Å². The van der Waals surface area contributed by atoms with Crippen molar-refractivity contribution in [2.75, 3.05) is 93.6 Å². The highest BCUT2D eigenvalue weighted by atomic mass is 79.9. The lowest BCUT2D eigenvalue weighted by Crippen LogP contribution is -2.37. The molecule has 0 unspecified atom stereocenters. The van der Waals surface area contributed by atoms with Crippen LogP contribution in [0.15, 0.2) is 111 Å². The molecular formula is C55H50Br2F15N7O9. The molecule has 1 aromatic heterocycles. The van der Waals surface area contributed by atoms with Crippen LogP contribution in [0.3, 0.4) is 0 Å². The molecule has 6 aromatic rings. The van der Waals surface area contributed by atoms with E-state index in [9.17, 15) is 85.0 Å². The molecule has 3 fully saturated rings. The van der Waals surface area contributed by atoms with Crippen molar-refractivity contribution < 1.29 is 109 Å². The molecule has 4 N–H and O–H groups in total. The molecule has 9 rings (SSSR count). The summed E-state index contributed by atoms with van der Waals surface area (Å²) in [6.07, 6.45) is -21.4. The van der Waals surface area contributed by atoms with Crippen LogP contribution in [0.5, 0.6) is 0 Å². The summed E-state index contributed by atoms with van der Waals surface area (Å²) in [5.41, 5.74) is -2.15. The van der Waals surface area contributed by atoms with E-state index in [2.05, 4.69) is 42.1 Å². The minimum absolute atomic E-state index is 0.0503. The first-order valence-electron chi connectivity index (χ1n) is 25.4. The molecule has 88 heavy (non-hydrogen) atoms. The summed E-state index contributed by atoms with van der Waals surface area (Å²) in [5, 5.41) is 15.6. The predicted octanol–water partition coefficient (Wildman–Crippen LogP) is 13.3. The number of anilines is 3. The summed E-state index contributed by atoms with van der Waals surface area (Å²) < 4.78 is 213. The number of halogens is 17. The number of nitrogens with zero attached hydrogens (tertiary/aromatic N) is 5. The number of carboxylic acids is 1. The first-order valence-corrected chi connectivity index (χ1v) is 27.0. The average Bonchev–Trinajstić information content (AvgIpc) is 2.84. The largest absolute Gasteiger partial charge is 0.478 e. The number of nitrogens with two attached hydrogens (primary N) is 1. The number of hydrazine groups is 1. The summed E-state index contributed by atoms with van der Waals surface area (Å²) in [6, 6.07) is 17.3. The topological polar surface area (TPSA) is 203 Å². The molecule has 1 amide bonds. The Kier molecular flexibility index (Phi) is 24.9. The van der Waals surface area contributed by atoms with E-state index in [0.29, 0.717) is 85.0 Å². The third-order valence-corrected chi connectivity index (χ3v) is 13.9. The monoisotopic (exact) mass is 1400 g/mol. The number of aromatic nitrogens is 2. The van der Waals surface area contributed by atoms with Crippen molar-refractivity contribution in [3.05, 3.63) is 156 Å². The van der Waals surface area contributed by atoms with E-state index in [1.165, 1.54) is 56.3 Å². The molecule has 16 nitrogen and oxygen atoms in total. The first-order chi connectivity index (χ1) is 41.0. The van der Waals surface area contributed by atoms with Gasteiger partial charge in [-0.1, -0.05) is 37.9 Å². The fourth-order valence-corrected chi connectivity index (χ4v) is 9.18. The Labute approximate surface area is 506 Å². The zero-order valence-electron chi connectivity index (χ0n) is 45.7. The second-order valence-corrected chi connectivity index (χ2v) is 20.2. The van der Waals surface area contributed by atoms with Gasteiger partial charge in [0.15, 0.2) is 11.6 Å². The lowest BCUT2D eigenvalue weighted by atomic mass is 10.0. The Balaban J connectivity index is 0.000000202. The number of nitrogen functional groups attached to an aromatic ring is 1. The van der Waals surface area contributed by atoms with E-state index >= 15 is 0 Å². The number of ether oxygens (including phenoxy) is 3. The summed E-state index contributed by atoms with van der Waals surface area (Å²) in [6.45, 7) is 7.36. The van der Waals surface area contributed by atoms with Gasteiger partial charge in [-0.3, -0.25) is 19.8 Å². The highest BCUT2D eigenvalue weighted by molar-refractivity contribution is 9.10. The standard InChI is InChI=1S/C13H12F3N3O2.C13H14F3NO2.C12H14F3N3O2.C9H6BrF3O.C8H4BrF3O2/c14-13(15,16)10-7-9(12-18-17-8-21-12)1-2-11(10)19-3-5-20-6-4-19;1-9(18)10-2-3-12(11(8-10)13(14,15)16)17-4-6-19-7-5-17;13-12(14,15)9-7-8(11(19)17-16)1-2-10(9)18-3-5-20-6-4-18;1-5(14)6-2-3-8(10)7(4-6)9(11,12)13;9-6-2-1-4(7(13)14)3-5(6)8(10,11)12/h1-2,7-8H,3-6H2;2-3,8H,4-7H2,1H3;1-2,7H,3-6,16H2,(H,17,19);2-4H,1H3;1-3H,(H,13,14). The number of amides is 1. The molecule has 0 bridgehead atoms. The number of alkyl halides is 15. The molecule has 33 heteroatoms. The molecule has 0 radical (unpaired) electrons. The lowest BCUT2D eigenvalue weighted by molar-refractivity contribution is -0.139. The van der Waals surface area contributed by atoms with Gasteiger partial charge in [-0.25, -0.2) is 10.6 Å². The maximum Gasteiger partial charge on any atom is 0.418 e. The van der Waals surface area contributed by atoms with Crippen molar-refractivity contribution >= 4 is 72.4 Å². The third kappa shape index (κ3) is 20.4. The van der Waals surface area contributed by atoms with Crippen molar-refractivity contribution in [2.24, 2.45) is 5.84 Å². The molecule has 3 aliphatic heterocycles. The summed E-state index contributed by atoms with van der Waals surface area (Å²) in [7, 11) is 0. The molecule has 0 aliphatic carbocycles. The van der Waals surface area contributed by atoms with Crippen LogP contribution < -0.4 is 26.0 Å². The first kappa shape index (κ1) is 71.4. The Morgan fingerprint density at radius 1 is 0.477 bits per heavy atom. The zero-order chi connectivity index (χ0) is 65.5. The minimum atomic E-state index is -4.55. The van der Waals surface area contributed by atoms with Gasteiger partial charge < -0.3 is 38.4 Å². The van der Waals surface area contributed by atoms with Gasteiger partial charge in [-0.05, 0) is 98.8 Å². The SMILES string of the molecule is CC(=O)c1ccc(Br)c(C(F)(F)F)c1.CC(=O)c1ccc(N2CCOCC2)c(C(F)(F)F)c1.FC(F)(F)c1cc(-c2nnco2)ccc1N1CCOCC1.NNC(=O)c1ccc(N2CCOCC2)c(C(F)(F)F)c1.O=C(O)c1ccc(Br)c(C(F)(F)F)c1. The fourth-order valence-electron chi connectivity index (χ4n) is 8.24. The van der Waals surface area contributed by atoms with Gasteiger partial charge in [0, 0.05) is 87.5 Å². The number of hydrogen-bond donors (Lipinski definition) is 3. The van der Waals surface area contributed by atoms with Crippen molar-refractivity contribution in [3.63, 3.8) is 0 Å². The van der Waals surface area contributed by atoms with Crippen LogP contribution in [0.4, 0.5) is 82.9 Å². The predicted molar refractivity (Wildman–Crippen MR) is 294 cm³/mol. The van der Waals surface area contributed by atoms with E-state index in [-0.39, 0.29) is 71.3 Å². The van der Waals surface area contributed by atoms with Crippen LogP contribution in [-0.2, 0) is 45.1 Å². The van der Waals surface area contributed by atoms with Gasteiger partial charge in [-0.15, -0.1) is 10.2 Å². The van der Waals surface area contributed by atoms with E-state index in [0.717, 1.165) is 42.8 Å². The molecule has 5 aromatic carbocycles. The Morgan fingerprint density at radius 3 is 1.14 bits per heavy atom. The molecule has 0 spiro atoms. The van der Waals surface area contributed by atoms with Crippen LogP contribution in [0, 0.1) is 0 Å². The molecule has 3 aliphatic rings. The average molecular weight is 1400 g/mol. The molecule has 0 atom stereocenters. The maximum absolute atomic E-state index is 13.3. The normalized spacial score (nSPS) is 14.8. The Bertz CT molecular complexity index is 3270. The second kappa shape index (κ2) is 30.7. The minimum Gasteiger partial charge on any atom is -0.478 e. The van der Waals surface area contributed by atoms with Crippen LogP contribution in [-0.4, -0.2) is 118 Å². The Hall–Kier alpha value is -7.33. The zero-order valence-corrected chi connectivity index (χ0v) is 48.8. The van der Waals surface area contributed by atoms with E-state index in [4.69, 9.17) is 29.6 Å². The van der Waals surface area contributed by atoms with Gasteiger partial charge >= 0.3 is 36.9 Å². The second-order valence-electron chi connectivity index (χ2n) is 18.5. The molecule has 3 saturated heterocycles. The summed E-state index contributed by atoms with van der Waals surface area (Å²) in [4.78, 5) is 48.7. The number of Topliss-reactive ketones (excluding diaryl/α,β-unsaturated/α-hetero) is 2. The quantitative estimate of drug-likeness (QED) is 0.0426. The van der Waals surface area contributed by atoms with Crippen molar-refractivity contribution in [1.82, 2.24) is 15.6 Å². The third-order valence-electron chi connectivity index (χ3n) is 12.6. The number of nitrogens with one attached hydrogen (secondary N) is 1. The number of ketones is 2. The van der Waals surface area contributed by atoms with Crippen molar-refractivity contribution in [2.45, 2.75) is 44.7 Å². The lowest BCUT2D eigenvalue weighted by Gasteiger charge is -2.31. The number of benzene rings is 5. The number of aromatic carboxylic acids is 1. The number of carboxylic acid groups (broad SMARTS) is 1. The highest BCUT2D eigenvalue weighted by Gasteiger charge is 2.39. The molecular weight excluding hydrogens is 1350 g/mol. The van der Waals surface area contributed by atoms with Gasteiger partial charge in [0.25, 0.3) is 5.91 Å². The smallest absolute Gasteiger partial charge is 0.418 e. The molecule has 4 heterocycles. The summed E-state index contributed by atoms with van der Waals surface area (Å²) >= 11 is 5.49. The number of carbonyl (C=O) groups is 4. The number of carbonyl (C=O) groups excluding carboxylic acids is 3. The highest BCUT2D eigenvalue weighted by Crippen LogP contribution is 2.42. The van der Waals surface area contributed by atoms with E-state index in [1.807, 2.05) is 5.43 Å². The maximum atomic E-state index is 13.3. The van der Waals surface area contributed by atoms with Crippen LogP contribution in [0.1, 0.15) is 83.1 Å². The van der Waals surface area contributed by atoms with Crippen LogP contribution in [0.2, 0.25) is 0 Å². The van der Waals surface area contributed by atoms with Crippen LogP contribution >= 0.6 is 31.9 Å². The summed E-state index contributed by atoms with van der Waals surface area (Å²) in [5.74, 6) is 2.09. The molecule has 478 valence electrons. The van der Waals surface area contributed by atoms with E-state index < -0.39 is 70.6 Å². The van der Waals surface area contributed by atoms with E-state index in [1.54, 1.807) is 20.8 Å². The number of hydrogen-bond acceptors (Lipinski definition) is 14.